The molecule has 0 unspecified atom stereocenters. The molecule has 2 aromatic carbocycles. The third kappa shape index (κ3) is 4.80. The Bertz CT molecular complexity index is 812. The van der Waals surface area contributed by atoms with E-state index in [1.807, 2.05) is 0 Å². The van der Waals surface area contributed by atoms with Crippen molar-refractivity contribution < 1.29 is 4.74 Å². The van der Waals surface area contributed by atoms with Gasteiger partial charge in [-0.25, -0.2) is 0 Å². The molecule has 4 rings (SSSR count). The first-order valence-electron chi connectivity index (χ1n) is 11.3. The van der Waals surface area contributed by atoms with Crippen molar-refractivity contribution in [1.29, 1.82) is 0 Å². The SMILES string of the molecule is COCc1cc(N2CCNC[C@@H]2C)ccc1N1CCN(Cc2ccccc2)[C@@H](C)C1. The molecule has 0 amide bonds. The molecule has 2 heterocycles. The summed E-state index contributed by atoms with van der Waals surface area (Å²) in [5.74, 6) is 0. The van der Waals surface area contributed by atoms with Crippen molar-refractivity contribution >= 4 is 11.4 Å². The Kier molecular flexibility index (Phi) is 6.93. The van der Waals surface area contributed by atoms with Gasteiger partial charge in [0.15, 0.2) is 0 Å². The van der Waals surface area contributed by atoms with E-state index in [2.05, 4.69) is 82.4 Å². The Labute approximate surface area is 181 Å². The van der Waals surface area contributed by atoms with Gasteiger partial charge >= 0.3 is 0 Å². The topological polar surface area (TPSA) is 31.0 Å². The van der Waals surface area contributed by atoms with E-state index < -0.39 is 0 Å². The molecule has 0 bridgehead atoms. The predicted octanol–water partition coefficient (Wildman–Crippen LogP) is 3.34. The molecule has 2 atom stereocenters. The number of piperazine rings is 2. The molecule has 5 nitrogen and oxygen atoms in total. The molecule has 1 N–H and O–H groups in total. The van der Waals surface area contributed by atoms with Crippen LogP contribution in [0.5, 0.6) is 0 Å². The molecule has 162 valence electrons. The maximum Gasteiger partial charge on any atom is 0.0734 e. The number of rotatable bonds is 6. The van der Waals surface area contributed by atoms with Crippen LogP contribution in [0, 0.1) is 0 Å². The second kappa shape index (κ2) is 9.82. The molecule has 0 radical (unpaired) electrons. The first kappa shape index (κ1) is 21.2. The van der Waals surface area contributed by atoms with Crippen LogP contribution in [0.15, 0.2) is 48.5 Å². The zero-order valence-corrected chi connectivity index (χ0v) is 18.7. The van der Waals surface area contributed by atoms with Gasteiger partial charge in [-0.05, 0) is 37.6 Å². The van der Waals surface area contributed by atoms with Gasteiger partial charge in [-0.1, -0.05) is 30.3 Å². The quantitative estimate of drug-likeness (QED) is 0.792. The molecule has 0 spiro atoms. The van der Waals surface area contributed by atoms with Crippen molar-refractivity contribution in [2.45, 2.75) is 39.1 Å². The predicted molar refractivity (Wildman–Crippen MR) is 125 cm³/mol. The van der Waals surface area contributed by atoms with Gasteiger partial charge in [0.05, 0.1) is 6.61 Å². The van der Waals surface area contributed by atoms with Crippen LogP contribution in [0.1, 0.15) is 25.0 Å². The highest BCUT2D eigenvalue weighted by Gasteiger charge is 2.26. The van der Waals surface area contributed by atoms with E-state index in [0.717, 1.165) is 45.8 Å². The number of nitrogens with zero attached hydrogens (tertiary/aromatic N) is 3. The van der Waals surface area contributed by atoms with Crippen LogP contribution in [0.2, 0.25) is 0 Å². The summed E-state index contributed by atoms with van der Waals surface area (Å²) in [5, 5.41) is 3.48. The molecule has 2 saturated heterocycles. The molecule has 2 aliphatic rings. The van der Waals surface area contributed by atoms with E-state index in [1.54, 1.807) is 7.11 Å². The highest BCUT2D eigenvalue weighted by atomic mass is 16.5. The molecule has 5 heteroatoms. The molecule has 2 aliphatic heterocycles. The van der Waals surface area contributed by atoms with Gasteiger partial charge in [0, 0.05) is 81.9 Å². The lowest BCUT2D eigenvalue weighted by Gasteiger charge is -2.42. The summed E-state index contributed by atoms with van der Waals surface area (Å²) < 4.78 is 5.59. The van der Waals surface area contributed by atoms with E-state index in [-0.39, 0.29) is 0 Å². The van der Waals surface area contributed by atoms with E-state index in [1.165, 1.54) is 22.5 Å². The average molecular weight is 409 g/mol. The Balaban J connectivity index is 1.48. The normalized spacial score (nSPS) is 23.0. The smallest absolute Gasteiger partial charge is 0.0734 e. The van der Waals surface area contributed by atoms with Crippen molar-refractivity contribution in [3.05, 3.63) is 59.7 Å². The fourth-order valence-electron chi connectivity index (χ4n) is 4.82. The van der Waals surface area contributed by atoms with Gasteiger partial charge in [0.25, 0.3) is 0 Å². The van der Waals surface area contributed by atoms with Crippen LogP contribution in [0.3, 0.4) is 0 Å². The van der Waals surface area contributed by atoms with Gasteiger partial charge in [0.2, 0.25) is 0 Å². The van der Waals surface area contributed by atoms with Gasteiger partial charge in [-0.2, -0.15) is 0 Å². The second-order valence-corrected chi connectivity index (χ2v) is 8.74. The van der Waals surface area contributed by atoms with Gasteiger partial charge in [-0.3, -0.25) is 4.90 Å². The Morgan fingerprint density at radius 3 is 2.57 bits per heavy atom. The molecular formula is C25H36N4O. The maximum absolute atomic E-state index is 5.59. The van der Waals surface area contributed by atoms with Crippen LogP contribution < -0.4 is 15.1 Å². The van der Waals surface area contributed by atoms with Crippen LogP contribution in [0.25, 0.3) is 0 Å². The summed E-state index contributed by atoms with van der Waals surface area (Å²) in [5.41, 5.74) is 5.34. The zero-order chi connectivity index (χ0) is 20.9. The lowest BCUT2D eigenvalue weighted by molar-refractivity contribution is 0.177. The first-order valence-corrected chi connectivity index (χ1v) is 11.3. The van der Waals surface area contributed by atoms with E-state index in [0.29, 0.717) is 18.7 Å². The minimum absolute atomic E-state index is 0.515. The second-order valence-electron chi connectivity index (χ2n) is 8.74. The Hall–Kier alpha value is -2.08. The third-order valence-electron chi connectivity index (χ3n) is 6.53. The summed E-state index contributed by atoms with van der Waals surface area (Å²) in [4.78, 5) is 7.66. The number of ether oxygens (including phenoxy) is 1. The fourth-order valence-corrected chi connectivity index (χ4v) is 4.82. The fraction of sp³-hybridized carbons (Fsp3) is 0.520. The summed E-state index contributed by atoms with van der Waals surface area (Å²) in [6.07, 6.45) is 0. The van der Waals surface area contributed by atoms with Crippen molar-refractivity contribution in [1.82, 2.24) is 10.2 Å². The van der Waals surface area contributed by atoms with E-state index >= 15 is 0 Å². The van der Waals surface area contributed by atoms with Crippen molar-refractivity contribution in [2.24, 2.45) is 0 Å². The minimum Gasteiger partial charge on any atom is -0.380 e. The van der Waals surface area contributed by atoms with Crippen LogP contribution in [-0.4, -0.2) is 63.4 Å². The van der Waals surface area contributed by atoms with Crippen LogP contribution in [-0.2, 0) is 17.9 Å². The molecule has 0 aromatic heterocycles. The lowest BCUT2D eigenvalue weighted by atomic mass is 10.1. The molecule has 0 aliphatic carbocycles. The molecule has 2 aromatic rings. The molecular weight excluding hydrogens is 372 g/mol. The molecule has 2 fully saturated rings. The first-order chi connectivity index (χ1) is 14.7. The van der Waals surface area contributed by atoms with Crippen molar-refractivity contribution in [2.75, 3.05) is 56.2 Å². The van der Waals surface area contributed by atoms with Crippen molar-refractivity contribution in [3.63, 3.8) is 0 Å². The number of hydrogen-bond acceptors (Lipinski definition) is 5. The van der Waals surface area contributed by atoms with Gasteiger partial charge in [-0.15, -0.1) is 0 Å². The van der Waals surface area contributed by atoms with Gasteiger partial charge < -0.3 is 19.9 Å². The highest BCUT2D eigenvalue weighted by molar-refractivity contribution is 5.62. The summed E-state index contributed by atoms with van der Waals surface area (Å²) >= 11 is 0. The summed E-state index contributed by atoms with van der Waals surface area (Å²) in [6, 6.07) is 18.8. The summed E-state index contributed by atoms with van der Waals surface area (Å²) in [6.45, 7) is 12.7. The maximum atomic E-state index is 5.59. The van der Waals surface area contributed by atoms with Crippen LogP contribution >= 0.6 is 0 Å². The monoisotopic (exact) mass is 408 g/mol. The van der Waals surface area contributed by atoms with E-state index in [4.69, 9.17) is 4.74 Å². The average Bonchev–Trinajstić information content (AvgIpc) is 2.76. The number of methoxy groups -OCH3 is 1. The van der Waals surface area contributed by atoms with E-state index in [9.17, 15) is 0 Å². The number of anilines is 2. The standard InChI is InChI=1S/C25H36N4O/c1-20-16-26-11-12-29(20)24-9-10-25(23(15-24)19-30-3)28-14-13-27(21(2)17-28)18-22-7-5-4-6-8-22/h4-10,15,20-21,26H,11-14,16-19H2,1-3H3/t20-,21-/m0/s1. The highest BCUT2D eigenvalue weighted by Crippen LogP contribution is 2.30. The van der Waals surface area contributed by atoms with Crippen LogP contribution in [0.4, 0.5) is 11.4 Å². The number of hydrogen-bond donors (Lipinski definition) is 1. The summed E-state index contributed by atoms with van der Waals surface area (Å²) in [7, 11) is 1.80. The largest absolute Gasteiger partial charge is 0.380 e. The number of benzene rings is 2. The minimum atomic E-state index is 0.515. The molecule has 0 saturated carbocycles. The number of nitrogens with one attached hydrogen (secondary N) is 1. The Morgan fingerprint density at radius 2 is 1.83 bits per heavy atom. The van der Waals surface area contributed by atoms with Gasteiger partial charge in [0.1, 0.15) is 0 Å². The lowest BCUT2D eigenvalue weighted by Crippen LogP contribution is -2.51. The molecule has 30 heavy (non-hydrogen) atoms. The zero-order valence-electron chi connectivity index (χ0n) is 18.7. The van der Waals surface area contributed by atoms with Crippen molar-refractivity contribution in [3.8, 4) is 0 Å². The Morgan fingerprint density at radius 1 is 1.00 bits per heavy atom. The third-order valence-corrected chi connectivity index (χ3v) is 6.53.